The molecule has 0 fully saturated rings. The van der Waals surface area contributed by atoms with E-state index in [-0.39, 0.29) is 11.7 Å². The number of halogens is 1. The third-order valence-corrected chi connectivity index (χ3v) is 7.57. The minimum atomic E-state index is -1.29. The highest BCUT2D eigenvalue weighted by molar-refractivity contribution is 6.08. The number of aromatic nitrogens is 1. The van der Waals surface area contributed by atoms with E-state index < -0.39 is 23.5 Å². The Bertz CT molecular complexity index is 1520. The SMILES string of the molecule is Cc1cncc(C(=O)N2CCc3c2cc(C)c([C@H](OC(C)(C)C)C(=O)O)c3-c2cc(F)c3c(c2C)CCCO3)c1. The van der Waals surface area contributed by atoms with E-state index in [2.05, 4.69) is 4.98 Å². The second-order valence-electron chi connectivity index (χ2n) is 11.7. The molecule has 0 spiro atoms. The van der Waals surface area contributed by atoms with Crippen molar-refractivity contribution in [3.05, 3.63) is 75.4 Å². The van der Waals surface area contributed by atoms with Crippen LogP contribution >= 0.6 is 0 Å². The number of carbonyl (C=O) groups excluding carboxylic acids is 1. The normalized spacial score (nSPS) is 15.3. The fourth-order valence-electron chi connectivity index (χ4n) is 5.88. The monoisotopic (exact) mass is 546 g/mol. The molecule has 0 saturated carbocycles. The Morgan fingerprint density at radius 3 is 2.52 bits per heavy atom. The first kappa shape index (κ1) is 27.8. The van der Waals surface area contributed by atoms with Crippen molar-refractivity contribution in [1.82, 2.24) is 4.98 Å². The Balaban J connectivity index is 1.78. The van der Waals surface area contributed by atoms with Crippen LogP contribution in [0.2, 0.25) is 0 Å². The lowest BCUT2D eigenvalue weighted by molar-refractivity contribution is -0.160. The summed E-state index contributed by atoms with van der Waals surface area (Å²) in [6, 6.07) is 5.11. The summed E-state index contributed by atoms with van der Waals surface area (Å²) in [6.07, 6.45) is 3.88. The molecule has 1 aromatic heterocycles. The maximum atomic E-state index is 15.5. The van der Waals surface area contributed by atoms with Gasteiger partial charge in [0.15, 0.2) is 17.7 Å². The topological polar surface area (TPSA) is 89.0 Å². The number of amides is 1. The minimum Gasteiger partial charge on any atom is -0.490 e. The second-order valence-corrected chi connectivity index (χ2v) is 11.7. The lowest BCUT2D eigenvalue weighted by Crippen LogP contribution is -2.30. The second kappa shape index (κ2) is 10.3. The Labute approximate surface area is 233 Å². The Kier molecular flexibility index (Phi) is 7.17. The number of benzene rings is 2. The molecule has 2 aliphatic heterocycles. The molecule has 1 amide bonds. The van der Waals surface area contributed by atoms with Gasteiger partial charge in [0.05, 0.1) is 17.8 Å². The van der Waals surface area contributed by atoms with Crippen LogP contribution in [0.15, 0.2) is 30.6 Å². The van der Waals surface area contributed by atoms with Crippen molar-refractivity contribution in [3.63, 3.8) is 0 Å². The van der Waals surface area contributed by atoms with Crippen LogP contribution in [0.3, 0.4) is 0 Å². The standard InChI is InChI=1S/C32H35FN2O5/c1-17-12-20(16-34-15-17)30(36)35-10-9-22-25(35)13-18(2)26(29(31(37)38)40-32(4,5)6)27(22)23-14-24(33)28-21(19(23)3)8-7-11-39-28/h12-16,29H,7-11H2,1-6H3,(H,37,38)/t29-/m0/s1. The molecule has 8 heteroatoms. The van der Waals surface area contributed by atoms with Crippen molar-refractivity contribution < 1.29 is 28.6 Å². The van der Waals surface area contributed by atoms with E-state index in [0.717, 1.165) is 28.7 Å². The number of carboxylic acid groups (broad SMARTS) is 1. The Morgan fingerprint density at radius 2 is 1.85 bits per heavy atom. The maximum absolute atomic E-state index is 15.5. The summed E-state index contributed by atoms with van der Waals surface area (Å²) in [5.41, 5.74) is 6.09. The van der Waals surface area contributed by atoms with Gasteiger partial charge < -0.3 is 19.5 Å². The Morgan fingerprint density at radius 1 is 1.10 bits per heavy atom. The van der Waals surface area contributed by atoms with Crippen molar-refractivity contribution in [3.8, 4) is 16.9 Å². The van der Waals surface area contributed by atoms with E-state index >= 15 is 4.39 Å². The number of anilines is 1. The average Bonchev–Trinajstić information content (AvgIpc) is 3.31. The van der Waals surface area contributed by atoms with E-state index in [9.17, 15) is 14.7 Å². The predicted molar refractivity (Wildman–Crippen MR) is 151 cm³/mol. The molecule has 0 radical (unpaired) electrons. The first-order chi connectivity index (χ1) is 18.9. The van der Waals surface area contributed by atoms with Gasteiger partial charge in [0.2, 0.25) is 0 Å². The number of hydrogen-bond acceptors (Lipinski definition) is 5. The summed E-state index contributed by atoms with van der Waals surface area (Å²) >= 11 is 0. The number of ether oxygens (including phenoxy) is 2. The van der Waals surface area contributed by atoms with Crippen LogP contribution in [0.25, 0.3) is 11.1 Å². The fraction of sp³-hybridized carbons (Fsp3) is 0.406. The zero-order valence-corrected chi connectivity index (χ0v) is 23.9. The van der Waals surface area contributed by atoms with E-state index in [1.807, 2.05) is 47.6 Å². The molecule has 2 aromatic carbocycles. The van der Waals surface area contributed by atoms with Gasteiger partial charge in [-0.25, -0.2) is 9.18 Å². The van der Waals surface area contributed by atoms with Gasteiger partial charge in [-0.05, 0) is 112 Å². The van der Waals surface area contributed by atoms with Gasteiger partial charge in [-0.2, -0.15) is 0 Å². The average molecular weight is 547 g/mol. The van der Waals surface area contributed by atoms with Crippen molar-refractivity contribution in [1.29, 1.82) is 0 Å². The van der Waals surface area contributed by atoms with Gasteiger partial charge in [-0.3, -0.25) is 9.78 Å². The molecule has 7 nitrogen and oxygen atoms in total. The molecule has 3 aromatic rings. The van der Waals surface area contributed by atoms with Gasteiger partial charge in [0.1, 0.15) is 0 Å². The van der Waals surface area contributed by atoms with Crippen LogP contribution in [0, 0.1) is 26.6 Å². The molecule has 0 aliphatic carbocycles. The first-order valence-corrected chi connectivity index (χ1v) is 13.6. The zero-order chi connectivity index (χ0) is 28.9. The van der Waals surface area contributed by atoms with Gasteiger partial charge in [0.25, 0.3) is 5.91 Å². The number of aliphatic carboxylic acids is 1. The highest BCUT2D eigenvalue weighted by Gasteiger charge is 2.37. The smallest absolute Gasteiger partial charge is 0.337 e. The number of rotatable bonds is 5. The third kappa shape index (κ3) is 4.96. The van der Waals surface area contributed by atoms with Crippen LogP contribution in [-0.2, 0) is 22.4 Å². The lowest BCUT2D eigenvalue weighted by atomic mass is 9.83. The van der Waals surface area contributed by atoms with Crippen LogP contribution in [0.5, 0.6) is 5.75 Å². The number of carbonyl (C=O) groups is 2. The largest absolute Gasteiger partial charge is 0.490 e. The maximum Gasteiger partial charge on any atom is 0.337 e. The van der Waals surface area contributed by atoms with Crippen LogP contribution in [-0.4, -0.2) is 40.7 Å². The molecule has 0 unspecified atom stereocenters. The quantitative estimate of drug-likeness (QED) is 0.405. The van der Waals surface area contributed by atoms with Crippen molar-refractivity contribution >= 4 is 17.6 Å². The number of carboxylic acids is 1. The summed E-state index contributed by atoms with van der Waals surface area (Å²) in [6.45, 7) is 11.9. The van der Waals surface area contributed by atoms with Crippen LogP contribution in [0.1, 0.15) is 77.0 Å². The third-order valence-electron chi connectivity index (χ3n) is 7.57. The van der Waals surface area contributed by atoms with Gasteiger partial charge in [-0.1, -0.05) is 0 Å². The van der Waals surface area contributed by atoms with Crippen molar-refractivity contribution in [2.45, 2.75) is 72.5 Å². The van der Waals surface area contributed by atoms with Crippen molar-refractivity contribution in [2.75, 3.05) is 18.1 Å². The fourth-order valence-corrected chi connectivity index (χ4v) is 5.88. The summed E-state index contributed by atoms with van der Waals surface area (Å²) in [5.74, 6) is -1.52. The molecule has 1 N–H and O–H groups in total. The zero-order valence-electron chi connectivity index (χ0n) is 23.9. The number of hydrogen-bond donors (Lipinski definition) is 1. The van der Waals surface area contributed by atoms with E-state index in [1.165, 1.54) is 6.07 Å². The van der Waals surface area contributed by atoms with E-state index in [4.69, 9.17) is 9.47 Å². The van der Waals surface area contributed by atoms with Crippen LogP contribution < -0.4 is 9.64 Å². The first-order valence-electron chi connectivity index (χ1n) is 13.6. The van der Waals surface area contributed by atoms with Crippen molar-refractivity contribution in [2.24, 2.45) is 0 Å². The molecular formula is C32H35FN2O5. The highest BCUT2D eigenvalue weighted by Crippen LogP contribution is 2.47. The molecule has 40 heavy (non-hydrogen) atoms. The number of pyridine rings is 1. The Hall–Kier alpha value is -3.78. The minimum absolute atomic E-state index is 0.185. The predicted octanol–water partition coefficient (Wildman–Crippen LogP) is 6.28. The molecule has 210 valence electrons. The molecule has 0 bridgehead atoms. The summed E-state index contributed by atoms with van der Waals surface area (Å²) in [7, 11) is 0. The number of fused-ring (bicyclic) bond motifs is 2. The van der Waals surface area contributed by atoms with Gasteiger partial charge in [0, 0.05) is 35.8 Å². The molecule has 2 aliphatic rings. The molecule has 3 heterocycles. The molecular weight excluding hydrogens is 511 g/mol. The number of aryl methyl sites for hydroxylation is 2. The van der Waals surface area contributed by atoms with Crippen LogP contribution in [0.4, 0.5) is 10.1 Å². The lowest BCUT2D eigenvalue weighted by Gasteiger charge is -2.30. The van der Waals surface area contributed by atoms with E-state index in [0.29, 0.717) is 59.5 Å². The summed E-state index contributed by atoms with van der Waals surface area (Å²) in [4.78, 5) is 32.2. The molecule has 1 atom stereocenters. The van der Waals surface area contributed by atoms with E-state index in [1.54, 1.807) is 23.4 Å². The summed E-state index contributed by atoms with van der Waals surface area (Å²) < 4.78 is 27.3. The molecule has 5 rings (SSSR count). The van der Waals surface area contributed by atoms with Gasteiger partial charge >= 0.3 is 5.97 Å². The molecule has 0 saturated heterocycles. The summed E-state index contributed by atoms with van der Waals surface area (Å²) in [5, 5.41) is 10.4. The van der Waals surface area contributed by atoms with Gasteiger partial charge in [-0.15, -0.1) is 0 Å². The highest BCUT2D eigenvalue weighted by atomic mass is 19.1. The number of nitrogens with zero attached hydrogens (tertiary/aromatic N) is 2.